The monoisotopic (exact) mass is 337 g/mol. The zero-order chi connectivity index (χ0) is 16.9. The minimum atomic E-state index is -4.49. The first-order valence-electron chi connectivity index (χ1n) is 6.07. The highest BCUT2D eigenvalue weighted by Crippen LogP contribution is 2.37. The molecule has 1 aromatic heterocycles. The molecule has 1 saturated heterocycles. The van der Waals surface area contributed by atoms with Crippen molar-refractivity contribution in [2.45, 2.75) is 30.8 Å². The van der Waals surface area contributed by atoms with Gasteiger partial charge in [0.2, 0.25) is 0 Å². The third-order valence-corrected chi connectivity index (χ3v) is 4.39. The first-order chi connectivity index (χ1) is 10.0. The number of hydrogen-bond acceptors (Lipinski definition) is 8. The molecule has 0 unspecified atom stereocenters. The molecule has 0 aliphatic carbocycles. The Hall–Kier alpha value is -1.57. The van der Waals surface area contributed by atoms with Gasteiger partial charge in [-0.05, 0) is 6.92 Å². The Morgan fingerprint density at radius 3 is 2.50 bits per heavy atom. The van der Waals surface area contributed by atoms with Crippen LogP contribution in [0.15, 0.2) is 15.8 Å². The van der Waals surface area contributed by atoms with Crippen LogP contribution in [0.1, 0.15) is 12.5 Å². The summed E-state index contributed by atoms with van der Waals surface area (Å²) in [6.45, 7) is 0.569. The minimum Gasteiger partial charge on any atom is -0.394 e. The molecule has 0 spiro atoms. The topological polar surface area (TPSA) is 185 Å². The van der Waals surface area contributed by atoms with E-state index in [-0.39, 0.29) is 3.97 Å². The zero-order valence-corrected chi connectivity index (χ0v) is 12.1. The van der Waals surface area contributed by atoms with E-state index in [0.717, 1.165) is 0 Å². The van der Waals surface area contributed by atoms with Crippen LogP contribution < -0.4 is 16.4 Å². The summed E-state index contributed by atoms with van der Waals surface area (Å²) in [6.07, 6.45) is -3.72. The maximum Gasteiger partial charge on any atom is 0.343 e. The number of aliphatic hydroxyl groups is 3. The third-order valence-electron chi connectivity index (χ3n) is 3.57. The lowest BCUT2D eigenvalue weighted by molar-refractivity contribution is -0.0868. The number of ether oxygens (including phenoxy) is 1. The Morgan fingerprint density at radius 1 is 1.45 bits per heavy atom. The Kier molecular flexibility index (Phi) is 4.01. The fourth-order valence-electron chi connectivity index (χ4n) is 2.35. The van der Waals surface area contributed by atoms with Gasteiger partial charge in [0.15, 0.2) is 0 Å². The van der Waals surface area contributed by atoms with Gasteiger partial charge >= 0.3 is 15.9 Å². The summed E-state index contributed by atoms with van der Waals surface area (Å²) in [7, 11) is -4.49. The standard InChI is InChI=1S/C10H15N3O8S/c1-10(7(16)6(15)5(3-14)21-10)4-2-13(22(11,19)20)9(18)12-8(4)17/h2,5-7,14-16H,3H2,1H3,(H2,11,19,20)(H,12,17,18)/t5-,6-,7-,10+/m1/s1. The first kappa shape index (κ1) is 16.8. The lowest BCUT2D eigenvalue weighted by Gasteiger charge is -2.27. The van der Waals surface area contributed by atoms with E-state index in [1.54, 1.807) is 4.98 Å². The minimum absolute atomic E-state index is 0.0731. The molecule has 12 heteroatoms. The van der Waals surface area contributed by atoms with Crippen LogP contribution in [-0.2, 0) is 20.5 Å². The van der Waals surface area contributed by atoms with Crippen LogP contribution in [0.3, 0.4) is 0 Å². The Labute approximate surface area is 123 Å². The van der Waals surface area contributed by atoms with Gasteiger partial charge in [-0.25, -0.2) is 9.93 Å². The van der Waals surface area contributed by atoms with Gasteiger partial charge in [-0.2, -0.15) is 12.4 Å². The molecule has 4 atom stereocenters. The van der Waals surface area contributed by atoms with E-state index in [9.17, 15) is 28.2 Å². The molecular weight excluding hydrogens is 322 g/mol. The van der Waals surface area contributed by atoms with Crippen molar-refractivity contribution in [2.75, 3.05) is 6.61 Å². The lowest BCUT2D eigenvalue weighted by atomic mass is 9.90. The molecule has 0 bridgehead atoms. The Balaban J connectivity index is 2.68. The molecule has 2 heterocycles. The van der Waals surface area contributed by atoms with E-state index in [1.807, 2.05) is 0 Å². The van der Waals surface area contributed by atoms with Gasteiger partial charge in [-0.1, -0.05) is 0 Å². The largest absolute Gasteiger partial charge is 0.394 e. The molecular formula is C10H15N3O8S. The highest BCUT2D eigenvalue weighted by atomic mass is 32.2. The predicted octanol–water partition coefficient (Wildman–Crippen LogP) is -4.08. The van der Waals surface area contributed by atoms with Gasteiger partial charge in [-0.3, -0.25) is 9.78 Å². The number of hydrogen-bond donors (Lipinski definition) is 5. The summed E-state index contributed by atoms with van der Waals surface area (Å²) in [5.74, 6) is 0. The molecule has 0 amide bonds. The van der Waals surface area contributed by atoms with E-state index in [2.05, 4.69) is 0 Å². The Morgan fingerprint density at radius 2 is 2.05 bits per heavy atom. The van der Waals surface area contributed by atoms with Crippen molar-refractivity contribution in [1.29, 1.82) is 0 Å². The summed E-state index contributed by atoms with van der Waals surface area (Å²) in [5.41, 5.74) is -4.59. The number of nitrogens with one attached hydrogen (secondary N) is 1. The molecule has 124 valence electrons. The number of aromatic nitrogens is 2. The second-order valence-electron chi connectivity index (χ2n) is 5.02. The van der Waals surface area contributed by atoms with Crippen LogP contribution in [0.2, 0.25) is 0 Å². The molecule has 11 nitrogen and oxygen atoms in total. The molecule has 0 aromatic carbocycles. The molecule has 22 heavy (non-hydrogen) atoms. The fourth-order valence-corrected chi connectivity index (χ4v) is 2.88. The molecule has 0 saturated carbocycles. The van der Waals surface area contributed by atoms with Crippen molar-refractivity contribution in [3.8, 4) is 0 Å². The van der Waals surface area contributed by atoms with E-state index in [4.69, 9.17) is 15.0 Å². The molecule has 1 fully saturated rings. The fraction of sp³-hybridized carbons (Fsp3) is 0.600. The van der Waals surface area contributed by atoms with Crippen LogP contribution in [-0.4, -0.2) is 57.6 Å². The quantitative estimate of drug-likeness (QED) is 0.368. The highest BCUT2D eigenvalue weighted by Gasteiger charge is 2.53. The Bertz CT molecular complexity index is 799. The number of nitrogens with zero attached hydrogens (tertiary/aromatic N) is 1. The molecule has 1 aromatic rings. The first-order valence-corrected chi connectivity index (χ1v) is 7.57. The van der Waals surface area contributed by atoms with E-state index >= 15 is 0 Å². The SMILES string of the molecule is C[C@@]1(c2cn(S(N)(=O)=O)c(=O)[nH]c2=O)O[C@H](CO)[C@@H](O)[C@H]1O. The van der Waals surface area contributed by atoms with Crippen LogP contribution in [0, 0.1) is 0 Å². The highest BCUT2D eigenvalue weighted by molar-refractivity contribution is 7.87. The average Bonchev–Trinajstić information content (AvgIpc) is 2.62. The van der Waals surface area contributed by atoms with Crippen molar-refractivity contribution < 1.29 is 28.5 Å². The number of aromatic amines is 1. The van der Waals surface area contributed by atoms with E-state index < -0.39 is 57.5 Å². The summed E-state index contributed by atoms with van der Waals surface area (Å²) >= 11 is 0. The summed E-state index contributed by atoms with van der Waals surface area (Å²) in [5, 5.41) is 33.8. The zero-order valence-electron chi connectivity index (χ0n) is 11.3. The summed E-state index contributed by atoms with van der Waals surface area (Å²) < 4.78 is 28.0. The van der Waals surface area contributed by atoms with Crippen LogP contribution in [0.25, 0.3) is 0 Å². The van der Waals surface area contributed by atoms with Gasteiger partial charge in [0, 0.05) is 6.20 Å². The molecule has 6 N–H and O–H groups in total. The third kappa shape index (κ3) is 2.49. The predicted molar refractivity (Wildman–Crippen MR) is 71.2 cm³/mol. The van der Waals surface area contributed by atoms with E-state index in [0.29, 0.717) is 6.20 Å². The number of nitrogens with two attached hydrogens (primary N) is 1. The van der Waals surface area contributed by atoms with Gasteiger partial charge in [0.05, 0.1) is 12.2 Å². The lowest BCUT2D eigenvalue weighted by Crippen LogP contribution is -2.46. The summed E-state index contributed by atoms with van der Waals surface area (Å²) in [6, 6.07) is 0. The number of rotatable bonds is 3. The number of aliphatic hydroxyl groups excluding tert-OH is 3. The van der Waals surface area contributed by atoms with Gasteiger partial charge in [0.1, 0.15) is 23.9 Å². The average molecular weight is 337 g/mol. The van der Waals surface area contributed by atoms with Gasteiger partial charge in [-0.15, -0.1) is 0 Å². The van der Waals surface area contributed by atoms with Crippen molar-refractivity contribution in [1.82, 2.24) is 8.96 Å². The summed E-state index contributed by atoms with van der Waals surface area (Å²) in [4.78, 5) is 25.1. The van der Waals surface area contributed by atoms with E-state index in [1.165, 1.54) is 6.92 Å². The van der Waals surface area contributed by atoms with Crippen molar-refractivity contribution in [3.63, 3.8) is 0 Å². The molecule has 1 aliphatic heterocycles. The number of H-pyrrole nitrogens is 1. The maximum absolute atomic E-state index is 11.9. The van der Waals surface area contributed by atoms with Gasteiger partial charge in [0.25, 0.3) is 5.56 Å². The molecule has 0 radical (unpaired) electrons. The second kappa shape index (κ2) is 5.26. The van der Waals surface area contributed by atoms with Crippen LogP contribution in [0.4, 0.5) is 0 Å². The normalized spacial score (nSPS) is 32.3. The van der Waals surface area contributed by atoms with Crippen molar-refractivity contribution >= 4 is 10.2 Å². The molecule has 2 rings (SSSR count). The van der Waals surface area contributed by atoms with Crippen LogP contribution in [0.5, 0.6) is 0 Å². The van der Waals surface area contributed by atoms with Gasteiger partial charge < -0.3 is 20.1 Å². The smallest absolute Gasteiger partial charge is 0.343 e. The van der Waals surface area contributed by atoms with Crippen molar-refractivity contribution in [3.05, 3.63) is 32.6 Å². The van der Waals surface area contributed by atoms with Crippen LogP contribution >= 0.6 is 0 Å². The maximum atomic E-state index is 11.9. The molecule has 1 aliphatic rings. The second-order valence-corrected chi connectivity index (χ2v) is 6.45. The van der Waals surface area contributed by atoms with Crippen molar-refractivity contribution in [2.24, 2.45) is 5.14 Å².